The van der Waals surface area contributed by atoms with Crippen molar-refractivity contribution in [1.82, 2.24) is 5.32 Å². The molecule has 22 heavy (non-hydrogen) atoms. The van der Waals surface area contributed by atoms with E-state index < -0.39 is 34.9 Å². The Morgan fingerprint density at radius 3 is 2.59 bits per heavy atom. The van der Waals surface area contributed by atoms with Crippen LogP contribution in [0.4, 0.5) is 18.0 Å². The van der Waals surface area contributed by atoms with Crippen LogP contribution in [-0.4, -0.2) is 23.8 Å². The number of benzene rings is 1. The van der Waals surface area contributed by atoms with Gasteiger partial charge in [0, 0.05) is 0 Å². The summed E-state index contributed by atoms with van der Waals surface area (Å²) >= 11 is 5.45. The molecule has 0 aromatic heterocycles. The first-order valence-corrected chi connectivity index (χ1v) is 6.18. The van der Waals surface area contributed by atoms with Gasteiger partial charge in [0.05, 0.1) is 10.6 Å². The fraction of sp³-hybridized carbons (Fsp3) is 0.231. The Labute approximate surface area is 128 Å². The van der Waals surface area contributed by atoms with Gasteiger partial charge >= 0.3 is 18.2 Å². The minimum absolute atomic E-state index is 0.174. The standard InChI is InChI=1S/C13H11ClF3NO4/c1-2-5-22-12(21)18-10(11(19)20)7-3-4-9(14)8(6-7)13(15,16)17/h2-4,6,10H,1,5H2,(H,18,21)(H,19,20). The number of halogens is 4. The Kier molecular flexibility index (Phi) is 5.81. The third kappa shape index (κ3) is 4.66. The SMILES string of the molecule is C=CCOC(=O)NC(C(=O)O)c1ccc(Cl)c(C(F)(F)F)c1. The van der Waals surface area contributed by atoms with Crippen molar-refractivity contribution in [3.63, 3.8) is 0 Å². The Morgan fingerprint density at radius 1 is 1.45 bits per heavy atom. The van der Waals surface area contributed by atoms with Gasteiger partial charge in [-0.15, -0.1) is 0 Å². The van der Waals surface area contributed by atoms with Crippen LogP contribution in [0, 0.1) is 0 Å². The number of alkyl halides is 3. The van der Waals surface area contributed by atoms with Crippen LogP contribution in [0.2, 0.25) is 5.02 Å². The number of alkyl carbamates (subject to hydrolysis) is 1. The molecular formula is C13H11ClF3NO4. The average molecular weight is 338 g/mol. The maximum atomic E-state index is 12.8. The Bertz CT molecular complexity index is 589. The van der Waals surface area contributed by atoms with Crippen LogP contribution in [0.1, 0.15) is 17.2 Å². The molecule has 1 aromatic rings. The molecule has 0 saturated heterocycles. The molecule has 0 spiro atoms. The molecule has 1 atom stereocenters. The largest absolute Gasteiger partial charge is 0.479 e. The zero-order chi connectivity index (χ0) is 16.9. The Balaban J connectivity index is 3.09. The van der Waals surface area contributed by atoms with Crippen LogP contribution in [0.15, 0.2) is 30.9 Å². The number of hydrogen-bond donors (Lipinski definition) is 2. The summed E-state index contributed by atoms with van der Waals surface area (Å²) in [5.74, 6) is -1.55. The van der Waals surface area contributed by atoms with Gasteiger partial charge < -0.3 is 15.2 Å². The molecule has 1 unspecified atom stereocenters. The van der Waals surface area contributed by atoms with Gasteiger partial charge in [-0.3, -0.25) is 0 Å². The van der Waals surface area contributed by atoms with E-state index in [0.29, 0.717) is 6.07 Å². The zero-order valence-corrected chi connectivity index (χ0v) is 11.7. The van der Waals surface area contributed by atoms with E-state index in [1.54, 1.807) is 0 Å². The summed E-state index contributed by atoms with van der Waals surface area (Å²) in [5, 5.41) is 10.4. The molecule has 2 N–H and O–H groups in total. The topological polar surface area (TPSA) is 75.6 Å². The second-order valence-electron chi connectivity index (χ2n) is 4.04. The fourth-order valence-electron chi connectivity index (χ4n) is 1.52. The van der Waals surface area contributed by atoms with E-state index in [-0.39, 0.29) is 12.2 Å². The van der Waals surface area contributed by atoms with Crippen molar-refractivity contribution < 1.29 is 32.6 Å². The van der Waals surface area contributed by atoms with Crippen LogP contribution in [0.5, 0.6) is 0 Å². The maximum Gasteiger partial charge on any atom is 0.417 e. The summed E-state index contributed by atoms with van der Waals surface area (Å²) in [6, 6.07) is 0.835. The molecule has 120 valence electrons. The molecule has 5 nitrogen and oxygen atoms in total. The summed E-state index contributed by atoms with van der Waals surface area (Å²) in [7, 11) is 0. The van der Waals surface area contributed by atoms with E-state index in [0.717, 1.165) is 12.1 Å². The van der Waals surface area contributed by atoms with Crippen LogP contribution in [0.3, 0.4) is 0 Å². The number of ether oxygens (including phenoxy) is 1. The number of carbonyl (C=O) groups is 2. The van der Waals surface area contributed by atoms with E-state index in [4.69, 9.17) is 16.7 Å². The van der Waals surface area contributed by atoms with E-state index >= 15 is 0 Å². The van der Waals surface area contributed by atoms with E-state index in [9.17, 15) is 22.8 Å². The minimum Gasteiger partial charge on any atom is -0.479 e. The van der Waals surface area contributed by atoms with Crippen LogP contribution in [0.25, 0.3) is 0 Å². The molecule has 9 heteroatoms. The second kappa shape index (κ2) is 7.17. The van der Waals surface area contributed by atoms with Gasteiger partial charge in [0.2, 0.25) is 0 Å². The van der Waals surface area contributed by atoms with Gasteiger partial charge in [-0.2, -0.15) is 13.2 Å². The van der Waals surface area contributed by atoms with E-state index in [1.807, 2.05) is 5.32 Å². The highest BCUT2D eigenvalue weighted by molar-refractivity contribution is 6.31. The van der Waals surface area contributed by atoms with Crippen LogP contribution >= 0.6 is 11.6 Å². The van der Waals surface area contributed by atoms with Crippen molar-refractivity contribution in [2.75, 3.05) is 6.61 Å². The number of carboxylic acid groups (broad SMARTS) is 1. The van der Waals surface area contributed by atoms with Crippen LogP contribution in [-0.2, 0) is 15.7 Å². The second-order valence-corrected chi connectivity index (χ2v) is 4.45. The van der Waals surface area contributed by atoms with Crippen molar-refractivity contribution in [2.24, 2.45) is 0 Å². The number of carboxylic acids is 1. The van der Waals surface area contributed by atoms with Crippen molar-refractivity contribution in [3.8, 4) is 0 Å². The highest BCUT2D eigenvalue weighted by atomic mass is 35.5. The highest BCUT2D eigenvalue weighted by Gasteiger charge is 2.35. The molecule has 0 bridgehead atoms. The number of nitrogens with one attached hydrogen (secondary N) is 1. The number of aliphatic carboxylic acids is 1. The minimum atomic E-state index is -4.75. The molecule has 0 radical (unpaired) electrons. The lowest BCUT2D eigenvalue weighted by atomic mass is 10.0. The first-order chi connectivity index (χ1) is 10.2. The van der Waals surface area contributed by atoms with Gasteiger partial charge in [-0.25, -0.2) is 9.59 Å². The number of amides is 1. The fourth-order valence-corrected chi connectivity index (χ4v) is 1.75. The highest BCUT2D eigenvalue weighted by Crippen LogP contribution is 2.36. The third-order valence-corrected chi connectivity index (χ3v) is 2.80. The number of carbonyl (C=O) groups excluding carboxylic acids is 1. The Hall–Kier alpha value is -2.22. The first kappa shape index (κ1) is 17.8. The molecular weight excluding hydrogens is 327 g/mol. The van der Waals surface area contributed by atoms with Gasteiger partial charge in [-0.1, -0.05) is 30.3 Å². The molecule has 0 saturated carbocycles. The van der Waals surface area contributed by atoms with Gasteiger partial charge in [-0.05, 0) is 17.7 Å². The molecule has 0 aliphatic rings. The summed E-state index contributed by atoms with van der Waals surface area (Å²) in [6.45, 7) is 3.12. The summed E-state index contributed by atoms with van der Waals surface area (Å²) in [4.78, 5) is 22.5. The predicted molar refractivity (Wildman–Crippen MR) is 71.5 cm³/mol. The molecule has 0 aliphatic carbocycles. The van der Waals surface area contributed by atoms with Crippen molar-refractivity contribution in [2.45, 2.75) is 12.2 Å². The van der Waals surface area contributed by atoms with Gasteiger partial charge in [0.1, 0.15) is 6.61 Å². The van der Waals surface area contributed by atoms with Gasteiger partial charge in [0.15, 0.2) is 6.04 Å². The molecule has 0 fully saturated rings. The lowest BCUT2D eigenvalue weighted by molar-refractivity contribution is -0.140. The van der Waals surface area contributed by atoms with Crippen LogP contribution < -0.4 is 5.32 Å². The maximum absolute atomic E-state index is 12.8. The number of rotatable bonds is 5. The molecule has 1 rings (SSSR count). The smallest absolute Gasteiger partial charge is 0.417 e. The quantitative estimate of drug-likeness (QED) is 0.807. The Morgan fingerprint density at radius 2 is 2.09 bits per heavy atom. The van der Waals surface area contributed by atoms with E-state index in [2.05, 4.69) is 11.3 Å². The normalized spacial score (nSPS) is 12.4. The first-order valence-electron chi connectivity index (χ1n) is 5.80. The summed E-state index contributed by atoms with van der Waals surface area (Å²) in [6.07, 6.45) is -4.60. The lowest BCUT2D eigenvalue weighted by Gasteiger charge is -2.17. The summed E-state index contributed by atoms with van der Waals surface area (Å²) in [5.41, 5.74) is -1.49. The molecule has 0 heterocycles. The van der Waals surface area contributed by atoms with Gasteiger partial charge in [0.25, 0.3) is 0 Å². The molecule has 1 aromatic carbocycles. The predicted octanol–water partition coefficient (Wildman–Crippen LogP) is 3.40. The monoisotopic (exact) mass is 337 g/mol. The average Bonchev–Trinajstić information content (AvgIpc) is 2.41. The van der Waals surface area contributed by atoms with Crippen molar-refractivity contribution in [1.29, 1.82) is 0 Å². The van der Waals surface area contributed by atoms with Crippen molar-refractivity contribution >= 4 is 23.7 Å². The number of hydrogen-bond acceptors (Lipinski definition) is 3. The van der Waals surface area contributed by atoms with Crippen molar-refractivity contribution in [3.05, 3.63) is 47.0 Å². The van der Waals surface area contributed by atoms with E-state index in [1.165, 1.54) is 6.08 Å². The zero-order valence-electron chi connectivity index (χ0n) is 11.0. The lowest BCUT2D eigenvalue weighted by Crippen LogP contribution is -2.34. The summed E-state index contributed by atoms with van der Waals surface area (Å²) < 4.78 is 42.8. The molecule has 0 aliphatic heterocycles. The third-order valence-electron chi connectivity index (χ3n) is 2.47. The molecule has 1 amide bonds.